The molecule has 0 aromatic carbocycles. The molecular weight excluding hydrogens is 136 g/mol. The van der Waals surface area contributed by atoms with Gasteiger partial charge in [0, 0.05) is 18.6 Å². The Labute approximate surface area is 69.0 Å². The van der Waals surface area contributed by atoms with Crippen LogP contribution in [0.15, 0.2) is 0 Å². The molecular formula is C9H18N2. The van der Waals surface area contributed by atoms with E-state index in [2.05, 4.69) is 17.1 Å². The summed E-state index contributed by atoms with van der Waals surface area (Å²) in [6, 6.07) is 1.67. The van der Waals surface area contributed by atoms with Gasteiger partial charge in [-0.2, -0.15) is 0 Å². The van der Waals surface area contributed by atoms with E-state index in [-0.39, 0.29) is 0 Å². The van der Waals surface area contributed by atoms with Crippen LogP contribution in [0, 0.1) is 0 Å². The van der Waals surface area contributed by atoms with Gasteiger partial charge in [-0.15, -0.1) is 0 Å². The Morgan fingerprint density at radius 3 is 3.18 bits per heavy atom. The summed E-state index contributed by atoms with van der Waals surface area (Å²) in [5.41, 5.74) is 0. The number of nitrogens with one attached hydrogen (secondary N) is 1. The van der Waals surface area contributed by atoms with Gasteiger partial charge >= 0.3 is 0 Å². The zero-order valence-electron chi connectivity index (χ0n) is 7.34. The number of rotatable bonds is 0. The molecule has 2 aliphatic heterocycles. The van der Waals surface area contributed by atoms with Gasteiger partial charge < -0.3 is 5.32 Å². The van der Waals surface area contributed by atoms with Gasteiger partial charge in [-0.3, -0.25) is 4.90 Å². The Kier molecular flexibility index (Phi) is 2.14. The van der Waals surface area contributed by atoms with Gasteiger partial charge in [-0.1, -0.05) is 0 Å². The molecule has 2 rings (SSSR count). The Balaban J connectivity index is 2.03. The summed E-state index contributed by atoms with van der Waals surface area (Å²) in [4.78, 5) is 2.68. The van der Waals surface area contributed by atoms with Gasteiger partial charge in [-0.05, 0) is 39.3 Å². The first-order chi connectivity index (χ1) is 5.38. The lowest BCUT2D eigenvalue weighted by atomic mass is 10.1. The third-order valence-corrected chi connectivity index (χ3v) is 3.08. The van der Waals surface area contributed by atoms with Crippen molar-refractivity contribution in [2.75, 3.05) is 19.6 Å². The standard InChI is InChI=1S/C9H18N2/c1-8-7-10-5-4-9-3-2-6-11(8)9/h8-10H,2-7H2,1H3. The molecule has 0 saturated carbocycles. The van der Waals surface area contributed by atoms with E-state index in [1.807, 2.05) is 0 Å². The van der Waals surface area contributed by atoms with E-state index in [4.69, 9.17) is 0 Å². The highest BCUT2D eigenvalue weighted by Crippen LogP contribution is 2.23. The van der Waals surface area contributed by atoms with Crippen molar-refractivity contribution >= 4 is 0 Å². The zero-order valence-corrected chi connectivity index (χ0v) is 7.34. The molecule has 0 radical (unpaired) electrons. The second-order valence-corrected chi connectivity index (χ2v) is 3.88. The molecule has 2 fully saturated rings. The van der Waals surface area contributed by atoms with Gasteiger partial charge in [0.1, 0.15) is 0 Å². The predicted molar refractivity (Wildman–Crippen MR) is 46.7 cm³/mol. The molecule has 2 heteroatoms. The summed E-state index contributed by atoms with van der Waals surface area (Å²) in [5.74, 6) is 0. The summed E-state index contributed by atoms with van der Waals surface area (Å²) in [7, 11) is 0. The average Bonchev–Trinajstić information content (AvgIpc) is 2.40. The number of fused-ring (bicyclic) bond motifs is 1. The molecule has 2 nitrogen and oxygen atoms in total. The Morgan fingerprint density at radius 1 is 1.36 bits per heavy atom. The first-order valence-electron chi connectivity index (χ1n) is 4.84. The van der Waals surface area contributed by atoms with Crippen molar-refractivity contribution in [3.05, 3.63) is 0 Å². The average molecular weight is 154 g/mol. The fourth-order valence-corrected chi connectivity index (χ4v) is 2.45. The van der Waals surface area contributed by atoms with E-state index in [1.54, 1.807) is 0 Å². The van der Waals surface area contributed by atoms with Crippen LogP contribution in [-0.4, -0.2) is 36.6 Å². The summed E-state index contributed by atoms with van der Waals surface area (Å²) >= 11 is 0. The maximum atomic E-state index is 3.48. The molecule has 1 N–H and O–H groups in total. The van der Waals surface area contributed by atoms with Crippen LogP contribution in [0.2, 0.25) is 0 Å². The number of hydrogen-bond acceptors (Lipinski definition) is 2. The smallest absolute Gasteiger partial charge is 0.0195 e. The van der Waals surface area contributed by atoms with Crippen molar-refractivity contribution in [1.29, 1.82) is 0 Å². The predicted octanol–water partition coefficient (Wildman–Crippen LogP) is 0.833. The summed E-state index contributed by atoms with van der Waals surface area (Å²) in [6.07, 6.45) is 4.23. The van der Waals surface area contributed by atoms with E-state index in [1.165, 1.54) is 38.9 Å². The molecule has 2 unspecified atom stereocenters. The van der Waals surface area contributed by atoms with Crippen LogP contribution >= 0.6 is 0 Å². The van der Waals surface area contributed by atoms with Crippen molar-refractivity contribution in [2.45, 2.75) is 38.3 Å². The third-order valence-electron chi connectivity index (χ3n) is 3.08. The Hall–Kier alpha value is -0.0800. The lowest BCUT2D eigenvalue weighted by Gasteiger charge is -2.27. The monoisotopic (exact) mass is 154 g/mol. The summed E-state index contributed by atoms with van der Waals surface area (Å²) < 4.78 is 0. The SMILES string of the molecule is CC1CNCCC2CCCN12. The first-order valence-corrected chi connectivity index (χ1v) is 4.84. The lowest BCUT2D eigenvalue weighted by Crippen LogP contribution is -2.38. The van der Waals surface area contributed by atoms with E-state index in [0.717, 1.165) is 12.1 Å². The Morgan fingerprint density at radius 2 is 2.27 bits per heavy atom. The minimum absolute atomic E-state index is 0.769. The van der Waals surface area contributed by atoms with Crippen LogP contribution in [0.1, 0.15) is 26.2 Å². The number of hydrogen-bond donors (Lipinski definition) is 1. The largest absolute Gasteiger partial charge is 0.315 e. The first kappa shape index (κ1) is 7.56. The molecule has 2 saturated heterocycles. The lowest BCUT2D eigenvalue weighted by molar-refractivity contribution is 0.203. The highest BCUT2D eigenvalue weighted by Gasteiger charge is 2.29. The topological polar surface area (TPSA) is 15.3 Å². The Bertz CT molecular complexity index is 136. The summed E-state index contributed by atoms with van der Waals surface area (Å²) in [5, 5.41) is 3.48. The second-order valence-electron chi connectivity index (χ2n) is 3.88. The van der Waals surface area contributed by atoms with Gasteiger partial charge in [0.05, 0.1) is 0 Å². The van der Waals surface area contributed by atoms with Gasteiger partial charge in [0.15, 0.2) is 0 Å². The molecule has 2 heterocycles. The van der Waals surface area contributed by atoms with Crippen molar-refractivity contribution in [3.63, 3.8) is 0 Å². The molecule has 11 heavy (non-hydrogen) atoms. The minimum Gasteiger partial charge on any atom is -0.315 e. The molecule has 64 valence electrons. The third kappa shape index (κ3) is 1.42. The normalized spacial score (nSPS) is 40.1. The highest BCUT2D eigenvalue weighted by atomic mass is 15.2. The minimum atomic E-state index is 0.769. The van der Waals surface area contributed by atoms with Crippen LogP contribution in [0.25, 0.3) is 0 Å². The number of nitrogens with zero attached hydrogens (tertiary/aromatic N) is 1. The van der Waals surface area contributed by atoms with Gasteiger partial charge in [0.25, 0.3) is 0 Å². The van der Waals surface area contributed by atoms with E-state index < -0.39 is 0 Å². The molecule has 0 aromatic heterocycles. The van der Waals surface area contributed by atoms with Crippen LogP contribution in [0.5, 0.6) is 0 Å². The maximum Gasteiger partial charge on any atom is 0.0195 e. The van der Waals surface area contributed by atoms with Crippen molar-refractivity contribution in [2.24, 2.45) is 0 Å². The van der Waals surface area contributed by atoms with E-state index in [0.29, 0.717) is 0 Å². The van der Waals surface area contributed by atoms with Crippen LogP contribution in [0.3, 0.4) is 0 Å². The van der Waals surface area contributed by atoms with Crippen molar-refractivity contribution in [3.8, 4) is 0 Å². The van der Waals surface area contributed by atoms with Crippen LogP contribution < -0.4 is 5.32 Å². The van der Waals surface area contributed by atoms with Crippen molar-refractivity contribution < 1.29 is 0 Å². The highest BCUT2D eigenvalue weighted by molar-refractivity contribution is 4.86. The van der Waals surface area contributed by atoms with Crippen LogP contribution in [-0.2, 0) is 0 Å². The van der Waals surface area contributed by atoms with Crippen LogP contribution in [0.4, 0.5) is 0 Å². The zero-order chi connectivity index (χ0) is 7.68. The van der Waals surface area contributed by atoms with E-state index in [9.17, 15) is 0 Å². The van der Waals surface area contributed by atoms with E-state index >= 15 is 0 Å². The molecule has 0 spiro atoms. The molecule has 0 aliphatic carbocycles. The van der Waals surface area contributed by atoms with Crippen molar-refractivity contribution in [1.82, 2.24) is 10.2 Å². The molecule has 0 bridgehead atoms. The van der Waals surface area contributed by atoms with Gasteiger partial charge in [0.2, 0.25) is 0 Å². The molecule has 0 amide bonds. The molecule has 0 aromatic rings. The fourth-order valence-electron chi connectivity index (χ4n) is 2.45. The molecule has 2 atom stereocenters. The molecule has 2 aliphatic rings. The fraction of sp³-hybridized carbons (Fsp3) is 1.00. The van der Waals surface area contributed by atoms with Gasteiger partial charge in [-0.25, -0.2) is 0 Å². The summed E-state index contributed by atoms with van der Waals surface area (Å²) in [6.45, 7) is 6.10. The second kappa shape index (κ2) is 3.11. The quantitative estimate of drug-likeness (QED) is 0.556. The maximum absolute atomic E-state index is 3.48.